The van der Waals surface area contributed by atoms with Crippen LogP contribution in [0.3, 0.4) is 0 Å². The summed E-state index contributed by atoms with van der Waals surface area (Å²) >= 11 is 0. The van der Waals surface area contributed by atoms with Crippen molar-refractivity contribution in [3.8, 4) is 0 Å². The van der Waals surface area contributed by atoms with Gasteiger partial charge in [0.05, 0.1) is 32.4 Å². The summed E-state index contributed by atoms with van der Waals surface area (Å²) in [4.78, 5) is 63.8. The van der Waals surface area contributed by atoms with E-state index in [-0.39, 0.29) is 68.8 Å². The predicted molar refractivity (Wildman–Crippen MR) is 173 cm³/mol. The molecule has 0 fully saturated rings. The highest BCUT2D eigenvalue weighted by Crippen LogP contribution is 2.16. The molecule has 260 valence electrons. The number of ether oxygens (including phenoxy) is 4. The van der Waals surface area contributed by atoms with Gasteiger partial charge in [-0.1, -0.05) is 44.2 Å². The van der Waals surface area contributed by atoms with E-state index in [2.05, 4.69) is 16.0 Å². The molecule has 0 saturated heterocycles. The van der Waals surface area contributed by atoms with E-state index in [0.717, 1.165) is 5.56 Å². The van der Waals surface area contributed by atoms with Crippen molar-refractivity contribution < 1.29 is 42.9 Å². The van der Waals surface area contributed by atoms with Crippen molar-refractivity contribution in [3.63, 3.8) is 0 Å². The lowest BCUT2D eigenvalue weighted by Gasteiger charge is -2.23. The largest absolute Gasteiger partial charge is 0.447 e. The Morgan fingerprint density at radius 1 is 0.848 bits per heavy atom. The van der Waals surface area contributed by atoms with Crippen molar-refractivity contribution >= 4 is 29.5 Å². The number of rotatable bonds is 27. The molecule has 13 heteroatoms. The highest BCUT2D eigenvalue weighted by atomic mass is 16.6. The summed E-state index contributed by atoms with van der Waals surface area (Å²) in [5.74, 6) is -1.98. The Balaban J connectivity index is 2.70. The van der Waals surface area contributed by atoms with Crippen LogP contribution in [0.15, 0.2) is 30.3 Å². The van der Waals surface area contributed by atoms with Crippen molar-refractivity contribution in [1.29, 1.82) is 0 Å². The van der Waals surface area contributed by atoms with Gasteiger partial charge in [-0.15, -0.1) is 0 Å². The Bertz CT molecular complexity index is 1020. The molecule has 0 bridgehead atoms. The molecule has 5 N–H and O–H groups in total. The van der Waals surface area contributed by atoms with E-state index in [1.165, 1.54) is 0 Å². The van der Waals surface area contributed by atoms with Crippen LogP contribution >= 0.6 is 0 Å². The van der Waals surface area contributed by atoms with Gasteiger partial charge in [0.2, 0.25) is 11.8 Å². The molecule has 0 aromatic heterocycles. The minimum absolute atomic E-state index is 0.00134. The number of amides is 3. The average Bonchev–Trinajstić information content (AvgIpc) is 3.03. The maximum absolute atomic E-state index is 13.5. The van der Waals surface area contributed by atoms with E-state index in [9.17, 15) is 24.0 Å². The number of hydrogen-bond donors (Lipinski definition) is 4. The molecule has 0 radical (unpaired) electrons. The molecule has 46 heavy (non-hydrogen) atoms. The number of carbonyl (C=O) groups excluding carboxylic acids is 5. The zero-order chi connectivity index (χ0) is 34.0. The highest BCUT2D eigenvalue weighted by Gasteiger charge is 2.28. The van der Waals surface area contributed by atoms with Crippen LogP contribution in [0.5, 0.6) is 0 Å². The lowest BCUT2D eigenvalue weighted by molar-refractivity contribution is -0.133. The fourth-order valence-corrected chi connectivity index (χ4v) is 4.38. The Morgan fingerprint density at radius 3 is 2.22 bits per heavy atom. The molecule has 0 aliphatic heterocycles. The molecule has 3 amide bonds. The maximum Gasteiger partial charge on any atom is 0.407 e. The monoisotopic (exact) mass is 650 g/mol. The van der Waals surface area contributed by atoms with Crippen molar-refractivity contribution in [2.75, 3.05) is 66.4 Å². The SMILES string of the molecule is COCCOCCCNC(=O)CCC(=O)C(CC(C)C)NC(=O)C(CC(=O)CNC(=O)OCCOCCCN)Cc1ccccc1. The predicted octanol–water partition coefficient (Wildman–Crippen LogP) is 1.95. The van der Waals surface area contributed by atoms with Gasteiger partial charge in [-0.25, -0.2) is 4.79 Å². The van der Waals surface area contributed by atoms with Crippen molar-refractivity contribution in [1.82, 2.24) is 16.0 Å². The summed E-state index contributed by atoms with van der Waals surface area (Å²) in [6, 6.07) is 8.45. The van der Waals surface area contributed by atoms with Gasteiger partial charge >= 0.3 is 6.09 Å². The Labute approximate surface area is 273 Å². The van der Waals surface area contributed by atoms with Gasteiger partial charge < -0.3 is 40.6 Å². The number of nitrogens with one attached hydrogen (secondary N) is 3. The van der Waals surface area contributed by atoms with Crippen LogP contribution in [0.4, 0.5) is 4.79 Å². The highest BCUT2D eigenvalue weighted by molar-refractivity contribution is 5.94. The summed E-state index contributed by atoms with van der Waals surface area (Å²) in [7, 11) is 1.60. The molecule has 1 aromatic carbocycles. The molecule has 2 atom stereocenters. The van der Waals surface area contributed by atoms with E-state index in [1.54, 1.807) is 7.11 Å². The Kier molecular flexibility index (Phi) is 22.8. The molecule has 1 aromatic rings. The maximum atomic E-state index is 13.5. The van der Waals surface area contributed by atoms with E-state index in [4.69, 9.17) is 24.7 Å². The third-order valence-corrected chi connectivity index (χ3v) is 6.78. The fraction of sp³-hybridized carbons (Fsp3) is 0.667. The van der Waals surface area contributed by atoms with E-state index in [1.807, 2.05) is 44.2 Å². The van der Waals surface area contributed by atoms with Crippen LogP contribution < -0.4 is 21.7 Å². The summed E-state index contributed by atoms with van der Waals surface area (Å²) < 4.78 is 20.6. The topological polar surface area (TPSA) is 184 Å². The standard InChI is InChI=1S/C33H54N4O9/c1-25(2)21-29(30(39)11-12-31(40)35-14-8-16-45-18-17-43-3)37-32(41)27(22-26-9-5-4-6-10-26)23-28(38)24-36-33(42)46-20-19-44-15-7-13-34/h4-6,9-10,25,27,29H,7-8,11-24,34H2,1-3H3,(H,35,40)(H,36,42)(H,37,41). The molecule has 0 aliphatic carbocycles. The molecule has 0 heterocycles. The molecule has 0 saturated carbocycles. The van der Waals surface area contributed by atoms with Gasteiger partial charge in [0, 0.05) is 52.0 Å². The second-order valence-electron chi connectivity index (χ2n) is 11.3. The van der Waals surface area contributed by atoms with Crippen molar-refractivity contribution in [3.05, 3.63) is 35.9 Å². The minimum atomic E-state index is -0.803. The average molecular weight is 651 g/mol. The molecule has 0 aliphatic rings. The van der Waals surface area contributed by atoms with E-state index >= 15 is 0 Å². The van der Waals surface area contributed by atoms with Crippen LogP contribution in [-0.4, -0.2) is 102 Å². The molecule has 2 unspecified atom stereocenters. The van der Waals surface area contributed by atoms with Crippen LogP contribution in [0.1, 0.15) is 57.9 Å². The zero-order valence-electron chi connectivity index (χ0n) is 27.7. The molecule has 1 rings (SSSR count). The van der Waals surface area contributed by atoms with Crippen LogP contribution in [0.25, 0.3) is 0 Å². The quantitative estimate of drug-likeness (QED) is 0.103. The number of carbonyl (C=O) groups is 5. The first-order chi connectivity index (χ1) is 22.2. The number of hydrogen-bond acceptors (Lipinski definition) is 10. The summed E-state index contributed by atoms with van der Waals surface area (Å²) in [5, 5.41) is 8.05. The third kappa shape index (κ3) is 20.6. The van der Waals surface area contributed by atoms with Crippen LogP contribution in [0, 0.1) is 11.8 Å². The smallest absolute Gasteiger partial charge is 0.407 e. The third-order valence-electron chi connectivity index (χ3n) is 6.78. The summed E-state index contributed by atoms with van der Waals surface area (Å²) in [6.07, 6.45) is 1.06. The number of ketones is 2. The van der Waals surface area contributed by atoms with Crippen molar-refractivity contribution in [2.45, 2.75) is 64.8 Å². The van der Waals surface area contributed by atoms with Crippen molar-refractivity contribution in [2.24, 2.45) is 17.6 Å². The first-order valence-corrected chi connectivity index (χ1v) is 16.1. The number of nitrogens with two attached hydrogens (primary N) is 1. The van der Waals surface area contributed by atoms with Gasteiger partial charge in [-0.05, 0) is 43.7 Å². The van der Waals surface area contributed by atoms with Gasteiger partial charge in [0.1, 0.15) is 6.61 Å². The normalized spacial score (nSPS) is 12.3. The summed E-state index contributed by atoms with van der Waals surface area (Å²) in [6.45, 7) is 6.70. The number of methoxy groups -OCH3 is 1. The van der Waals surface area contributed by atoms with Gasteiger partial charge in [0.15, 0.2) is 11.6 Å². The van der Waals surface area contributed by atoms with E-state index < -0.39 is 24.0 Å². The molecular weight excluding hydrogens is 596 g/mol. The molecule has 0 spiro atoms. The first-order valence-electron chi connectivity index (χ1n) is 16.1. The van der Waals surface area contributed by atoms with E-state index in [0.29, 0.717) is 58.8 Å². The van der Waals surface area contributed by atoms with Crippen LogP contribution in [0.2, 0.25) is 0 Å². The molecule has 13 nitrogen and oxygen atoms in total. The zero-order valence-corrected chi connectivity index (χ0v) is 27.7. The summed E-state index contributed by atoms with van der Waals surface area (Å²) in [5.41, 5.74) is 6.25. The number of alkyl carbamates (subject to hydrolysis) is 1. The second kappa shape index (κ2) is 25.8. The van der Waals surface area contributed by atoms with Gasteiger partial charge in [-0.2, -0.15) is 0 Å². The Hall–Kier alpha value is -3.39. The first kappa shape index (κ1) is 40.6. The Morgan fingerprint density at radius 2 is 1.54 bits per heavy atom. The lowest BCUT2D eigenvalue weighted by Crippen LogP contribution is -2.46. The number of benzene rings is 1. The minimum Gasteiger partial charge on any atom is -0.447 e. The lowest BCUT2D eigenvalue weighted by atomic mass is 9.91. The van der Waals surface area contributed by atoms with Crippen LogP contribution in [-0.2, 0) is 44.5 Å². The number of Topliss-reactive ketones (excluding diaryl/α,β-unsaturated/α-hetero) is 2. The fourth-order valence-electron chi connectivity index (χ4n) is 4.38. The molecular formula is C33H54N4O9. The second-order valence-corrected chi connectivity index (χ2v) is 11.3. The van der Waals surface area contributed by atoms with Gasteiger partial charge in [0.25, 0.3) is 0 Å². The van der Waals surface area contributed by atoms with Gasteiger partial charge in [-0.3, -0.25) is 19.2 Å².